The largest absolute Gasteiger partial charge is 0.478 e. The normalized spacial score (nSPS) is 12.2. The lowest BCUT2D eigenvalue weighted by atomic mass is 9.86. The Morgan fingerprint density at radius 1 is 0.676 bits per heavy atom. The molecule has 0 aliphatic heterocycles. The molecule has 194 valence electrons. The van der Waals surface area contributed by atoms with Gasteiger partial charge < -0.3 is 38.6 Å². The second-order valence-corrected chi connectivity index (χ2v) is 7.03. The Morgan fingerprint density at radius 3 is 1.50 bits per heavy atom. The highest BCUT2D eigenvalue weighted by Gasteiger charge is 2.47. The summed E-state index contributed by atoms with van der Waals surface area (Å²) in [4.78, 5) is 25.1. The van der Waals surface area contributed by atoms with Crippen molar-refractivity contribution in [2.75, 3.05) is 52.9 Å². The minimum Gasteiger partial charge on any atom is -0.478 e. The molecule has 1 aromatic carbocycles. The first kappa shape index (κ1) is 30.0. The zero-order valence-corrected chi connectivity index (χ0v) is 21.0. The van der Waals surface area contributed by atoms with Gasteiger partial charge in [0.15, 0.2) is 0 Å². The summed E-state index contributed by atoms with van der Waals surface area (Å²) in [5, 5.41) is 20.4. The van der Waals surface area contributed by atoms with E-state index in [-0.39, 0.29) is 68.5 Å². The minimum atomic E-state index is -1.80. The zero-order chi connectivity index (χ0) is 25.8. The van der Waals surface area contributed by atoms with E-state index >= 15 is 0 Å². The van der Waals surface area contributed by atoms with Gasteiger partial charge in [-0.1, -0.05) is 6.07 Å². The predicted molar refractivity (Wildman–Crippen MR) is 123 cm³/mol. The number of carbonyl (C=O) groups is 2. The Bertz CT molecular complexity index is 780. The minimum absolute atomic E-state index is 0.0948. The molecule has 0 radical (unpaired) electrons. The third-order valence-corrected chi connectivity index (χ3v) is 4.94. The van der Waals surface area contributed by atoms with Gasteiger partial charge in [-0.05, 0) is 47.6 Å². The Balaban J connectivity index is 4.18. The maximum absolute atomic E-state index is 12.8. The molecule has 0 bridgehead atoms. The highest BCUT2D eigenvalue weighted by molar-refractivity contribution is 5.98. The molecule has 0 unspecified atom stereocenters. The van der Waals surface area contributed by atoms with E-state index in [0.717, 1.165) is 0 Å². The van der Waals surface area contributed by atoms with Crippen LogP contribution in [0.2, 0.25) is 0 Å². The Hall–Kier alpha value is -2.08. The standard InChI is InChI=1S/C24H38O10/c1-7-29-15-23(31-9-3,32-10-4)18-14-13-17(21(25)26)20(19(18)22(27)28)24(33-11-5,34-12-6)16-30-8-2/h13-14H,7-12,15-16H2,1-6H3,(H,25,26)(H,27,28). The van der Waals surface area contributed by atoms with Gasteiger partial charge in [-0.3, -0.25) is 0 Å². The van der Waals surface area contributed by atoms with Crippen molar-refractivity contribution in [3.05, 3.63) is 34.4 Å². The molecule has 0 atom stereocenters. The SMILES string of the molecule is CCOCC(OCC)(OCC)c1ccc(C(=O)O)c(C(COCC)(OCC)OCC)c1C(=O)O. The molecule has 2 N–H and O–H groups in total. The molecule has 0 amide bonds. The second-order valence-electron chi connectivity index (χ2n) is 7.03. The summed E-state index contributed by atoms with van der Waals surface area (Å²) in [6.07, 6.45) is 0. The summed E-state index contributed by atoms with van der Waals surface area (Å²) in [6, 6.07) is 2.68. The lowest BCUT2D eigenvalue weighted by molar-refractivity contribution is -0.271. The average Bonchev–Trinajstić information content (AvgIpc) is 2.80. The number of hydrogen-bond donors (Lipinski definition) is 2. The van der Waals surface area contributed by atoms with Crippen LogP contribution in [-0.4, -0.2) is 75.0 Å². The third-order valence-electron chi connectivity index (χ3n) is 4.94. The van der Waals surface area contributed by atoms with Crippen LogP contribution in [0.5, 0.6) is 0 Å². The molecule has 0 aliphatic carbocycles. The first-order valence-corrected chi connectivity index (χ1v) is 11.6. The van der Waals surface area contributed by atoms with E-state index in [1.54, 1.807) is 41.5 Å². The number of rotatable bonds is 18. The number of carboxylic acids is 2. The van der Waals surface area contributed by atoms with Gasteiger partial charge >= 0.3 is 11.9 Å². The maximum Gasteiger partial charge on any atom is 0.336 e. The number of ether oxygens (including phenoxy) is 6. The van der Waals surface area contributed by atoms with Crippen LogP contribution in [0.4, 0.5) is 0 Å². The summed E-state index contributed by atoms with van der Waals surface area (Å²) >= 11 is 0. The number of carboxylic acid groups (broad SMARTS) is 2. The van der Waals surface area contributed by atoms with Gasteiger partial charge in [-0.15, -0.1) is 0 Å². The van der Waals surface area contributed by atoms with E-state index in [1.807, 2.05) is 0 Å². The summed E-state index contributed by atoms with van der Waals surface area (Å²) < 4.78 is 34.9. The summed E-state index contributed by atoms with van der Waals surface area (Å²) in [7, 11) is 0. The van der Waals surface area contributed by atoms with E-state index in [9.17, 15) is 19.8 Å². The fourth-order valence-electron chi connectivity index (χ4n) is 3.82. The van der Waals surface area contributed by atoms with Gasteiger partial charge in [0.1, 0.15) is 13.2 Å². The predicted octanol–water partition coefficient (Wildman–Crippen LogP) is 3.61. The second kappa shape index (κ2) is 14.3. The van der Waals surface area contributed by atoms with Crippen LogP contribution in [0.15, 0.2) is 12.1 Å². The monoisotopic (exact) mass is 486 g/mol. The summed E-state index contributed by atoms with van der Waals surface area (Å²) in [5.74, 6) is -6.14. The molecule has 0 fully saturated rings. The van der Waals surface area contributed by atoms with Crippen molar-refractivity contribution < 1.29 is 48.2 Å². The molecule has 1 aromatic rings. The topological polar surface area (TPSA) is 130 Å². The van der Waals surface area contributed by atoms with Crippen LogP contribution >= 0.6 is 0 Å². The molecule has 0 spiro atoms. The molecule has 10 nitrogen and oxygen atoms in total. The fourth-order valence-corrected chi connectivity index (χ4v) is 3.82. The number of hydrogen-bond acceptors (Lipinski definition) is 8. The summed E-state index contributed by atoms with van der Waals surface area (Å²) in [6.45, 7) is 11.3. The van der Waals surface area contributed by atoms with E-state index in [4.69, 9.17) is 28.4 Å². The maximum atomic E-state index is 12.8. The zero-order valence-electron chi connectivity index (χ0n) is 21.0. The molecule has 0 heterocycles. The highest BCUT2D eigenvalue weighted by atomic mass is 16.7. The van der Waals surface area contributed by atoms with Crippen molar-refractivity contribution in [3.63, 3.8) is 0 Å². The van der Waals surface area contributed by atoms with Gasteiger partial charge in [0.05, 0.1) is 11.1 Å². The summed E-state index contributed by atoms with van der Waals surface area (Å²) in [5.41, 5.74) is -0.732. The Morgan fingerprint density at radius 2 is 1.12 bits per heavy atom. The number of benzene rings is 1. The fraction of sp³-hybridized carbons (Fsp3) is 0.667. The van der Waals surface area contributed by atoms with E-state index in [2.05, 4.69) is 0 Å². The Labute approximate surface area is 201 Å². The van der Waals surface area contributed by atoms with Gasteiger partial charge in [0.2, 0.25) is 11.6 Å². The first-order chi connectivity index (χ1) is 16.2. The smallest absolute Gasteiger partial charge is 0.336 e. The molecule has 0 saturated carbocycles. The molecule has 0 aliphatic rings. The lowest BCUT2D eigenvalue weighted by Crippen LogP contribution is -2.44. The molecule has 1 rings (SSSR count). The van der Waals surface area contributed by atoms with Crippen LogP contribution in [0.25, 0.3) is 0 Å². The molecule has 0 aromatic heterocycles. The van der Waals surface area contributed by atoms with Crippen LogP contribution < -0.4 is 0 Å². The van der Waals surface area contributed by atoms with Crippen molar-refractivity contribution in [2.24, 2.45) is 0 Å². The molecular formula is C24H38O10. The van der Waals surface area contributed by atoms with E-state index in [0.29, 0.717) is 6.61 Å². The first-order valence-electron chi connectivity index (χ1n) is 11.6. The van der Waals surface area contributed by atoms with Crippen molar-refractivity contribution in [1.82, 2.24) is 0 Å². The van der Waals surface area contributed by atoms with Gasteiger partial charge in [0, 0.05) is 50.8 Å². The van der Waals surface area contributed by atoms with E-state index in [1.165, 1.54) is 12.1 Å². The van der Waals surface area contributed by atoms with Crippen LogP contribution in [0, 0.1) is 0 Å². The highest BCUT2D eigenvalue weighted by Crippen LogP contribution is 2.40. The quantitative estimate of drug-likeness (QED) is 0.297. The lowest BCUT2D eigenvalue weighted by Gasteiger charge is -2.38. The van der Waals surface area contributed by atoms with Gasteiger partial charge in [-0.25, -0.2) is 9.59 Å². The van der Waals surface area contributed by atoms with Crippen LogP contribution in [-0.2, 0) is 40.0 Å². The Kier molecular flexibility index (Phi) is 12.6. The third kappa shape index (κ3) is 6.74. The van der Waals surface area contributed by atoms with Crippen molar-refractivity contribution >= 4 is 11.9 Å². The van der Waals surface area contributed by atoms with Gasteiger partial charge in [-0.2, -0.15) is 0 Å². The van der Waals surface area contributed by atoms with E-state index < -0.39 is 23.5 Å². The average molecular weight is 487 g/mol. The molecular weight excluding hydrogens is 448 g/mol. The molecule has 0 saturated heterocycles. The van der Waals surface area contributed by atoms with Gasteiger partial charge in [0.25, 0.3) is 0 Å². The van der Waals surface area contributed by atoms with Crippen molar-refractivity contribution in [2.45, 2.75) is 53.1 Å². The molecule has 10 heteroatoms. The van der Waals surface area contributed by atoms with Crippen molar-refractivity contribution in [3.8, 4) is 0 Å². The van der Waals surface area contributed by atoms with Crippen LogP contribution in [0.1, 0.15) is 73.4 Å². The number of aromatic carboxylic acids is 2. The molecule has 34 heavy (non-hydrogen) atoms. The van der Waals surface area contributed by atoms with Crippen molar-refractivity contribution in [1.29, 1.82) is 0 Å². The van der Waals surface area contributed by atoms with Crippen LogP contribution in [0.3, 0.4) is 0 Å².